The zero-order valence-electron chi connectivity index (χ0n) is 13.7. The second-order valence-corrected chi connectivity index (χ2v) is 5.90. The van der Waals surface area contributed by atoms with E-state index in [1.807, 2.05) is 25.1 Å². The summed E-state index contributed by atoms with van der Waals surface area (Å²) in [6, 6.07) is 9.47. The molecule has 0 unspecified atom stereocenters. The Kier molecular flexibility index (Phi) is 6.38. The fourth-order valence-electron chi connectivity index (χ4n) is 2.79. The number of aryl methyl sites for hydroxylation is 2. The first kappa shape index (κ1) is 16.5. The Balaban J connectivity index is 2.11. The summed E-state index contributed by atoms with van der Waals surface area (Å²) in [6.45, 7) is 4.22. The van der Waals surface area contributed by atoms with Crippen molar-refractivity contribution in [1.82, 2.24) is 9.55 Å². The number of rotatable bonds is 8. The maximum atomic E-state index is 12.4. The minimum absolute atomic E-state index is 0.0136. The van der Waals surface area contributed by atoms with Crippen LogP contribution in [0, 0.1) is 6.92 Å². The molecule has 0 amide bonds. The van der Waals surface area contributed by atoms with E-state index in [1.54, 1.807) is 16.8 Å². The van der Waals surface area contributed by atoms with Gasteiger partial charge in [-0.15, -0.1) is 0 Å². The highest BCUT2D eigenvalue weighted by Crippen LogP contribution is 2.13. The van der Waals surface area contributed by atoms with E-state index in [9.17, 15) is 4.79 Å². The van der Waals surface area contributed by atoms with Gasteiger partial charge in [-0.25, -0.2) is 4.98 Å². The van der Waals surface area contributed by atoms with Gasteiger partial charge in [-0.1, -0.05) is 45.1 Å². The summed E-state index contributed by atoms with van der Waals surface area (Å²) < 4.78 is 1.75. The van der Waals surface area contributed by atoms with Crippen LogP contribution in [0.25, 0.3) is 5.82 Å². The van der Waals surface area contributed by atoms with Crippen LogP contribution < -0.4 is 5.56 Å². The molecule has 0 atom stereocenters. The van der Waals surface area contributed by atoms with Crippen LogP contribution in [0.2, 0.25) is 0 Å². The molecule has 0 N–H and O–H groups in total. The zero-order chi connectivity index (χ0) is 15.8. The first-order valence-corrected chi connectivity index (χ1v) is 8.36. The Labute approximate surface area is 133 Å². The molecule has 0 saturated heterocycles. The van der Waals surface area contributed by atoms with E-state index in [4.69, 9.17) is 0 Å². The fraction of sp³-hybridized carbons (Fsp3) is 0.474. The topological polar surface area (TPSA) is 34.9 Å². The molecule has 22 heavy (non-hydrogen) atoms. The van der Waals surface area contributed by atoms with Crippen molar-refractivity contribution in [1.29, 1.82) is 0 Å². The highest BCUT2D eigenvalue weighted by atomic mass is 16.1. The van der Waals surface area contributed by atoms with E-state index in [0.29, 0.717) is 5.82 Å². The first-order valence-electron chi connectivity index (χ1n) is 8.36. The third kappa shape index (κ3) is 4.55. The average molecular weight is 298 g/mol. The van der Waals surface area contributed by atoms with Crippen LogP contribution in [0.4, 0.5) is 0 Å². The zero-order valence-corrected chi connectivity index (χ0v) is 13.7. The molecule has 2 aromatic heterocycles. The number of unbranched alkanes of at least 4 members (excludes halogenated alkanes) is 5. The van der Waals surface area contributed by atoms with Crippen molar-refractivity contribution in [2.75, 3.05) is 0 Å². The van der Waals surface area contributed by atoms with Crippen LogP contribution in [-0.4, -0.2) is 9.55 Å². The normalized spacial score (nSPS) is 10.8. The fourth-order valence-corrected chi connectivity index (χ4v) is 2.79. The maximum Gasteiger partial charge on any atom is 0.256 e. The molecule has 0 aliphatic heterocycles. The Morgan fingerprint density at radius 1 is 1.05 bits per heavy atom. The van der Waals surface area contributed by atoms with Crippen LogP contribution in [0.15, 0.2) is 41.3 Å². The van der Waals surface area contributed by atoms with E-state index in [0.717, 1.165) is 24.1 Å². The minimum atomic E-state index is 0.0136. The molecule has 0 bridgehead atoms. The van der Waals surface area contributed by atoms with Crippen LogP contribution in [0.1, 0.15) is 56.7 Å². The van der Waals surface area contributed by atoms with Gasteiger partial charge in [-0.2, -0.15) is 0 Å². The largest absolute Gasteiger partial charge is 0.269 e. The molecule has 0 fully saturated rings. The van der Waals surface area contributed by atoms with Gasteiger partial charge in [0.2, 0.25) is 0 Å². The van der Waals surface area contributed by atoms with E-state index in [-0.39, 0.29) is 5.56 Å². The summed E-state index contributed by atoms with van der Waals surface area (Å²) >= 11 is 0. The van der Waals surface area contributed by atoms with Crippen LogP contribution in [-0.2, 0) is 6.42 Å². The Hall–Kier alpha value is -1.90. The molecule has 0 saturated carbocycles. The molecule has 0 aliphatic carbocycles. The summed E-state index contributed by atoms with van der Waals surface area (Å²) in [6.07, 6.45) is 10.2. The monoisotopic (exact) mass is 298 g/mol. The lowest BCUT2D eigenvalue weighted by molar-refractivity contribution is 0.600. The molecule has 0 aromatic carbocycles. The van der Waals surface area contributed by atoms with Crippen molar-refractivity contribution < 1.29 is 0 Å². The van der Waals surface area contributed by atoms with E-state index in [1.165, 1.54) is 32.1 Å². The van der Waals surface area contributed by atoms with Gasteiger partial charge in [0.15, 0.2) is 0 Å². The summed E-state index contributed by atoms with van der Waals surface area (Å²) in [5.41, 5.74) is 2.11. The second-order valence-electron chi connectivity index (χ2n) is 5.90. The Morgan fingerprint density at radius 2 is 1.82 bits per heavy atom. The molecular weight excluding hydrogens is 272 g/mol. The van der Waals surface area contributed by atoms with Crippen LogP contribution in [0.3, 0.4) is 0 Å². The third-order valence-corrected chi connectivity index (χ3v) is 3.92. The lowest BCUT2D eigenvalue weighted by Crippen LogP contribution is -2.22. The quantitative estimate of drug-likeness (QED) is 0.675. The number of pyridine rings is 2. The molecule has 2 aromatic rings. The molecular formula is C19H26N2O. The molecule has 2 rings (SSSR count). The van der Waals surface area contributed by atoms with Gasteiger partial charge < -0.3 is 0 Å². The molecule has 3 heteroatoms. The predicted molar refractivity (Wildman–Crippen MR) is 91.7 cm³/mol. The number of aromatic nitrogens is 2. The van der Waals surface area contributed by atoms with E-state index >= 15 is 0 Å². The predicted octanol–water partition coefficient (Wildman–Crippen LogP) is 4.44. The van der Waals surface area contributed by atoms with Crippen molar-refractivity contribution in [3.05, 3.63) is 58.1 Å². The summed E-state index contributed by atoms with van der Waals surface area (Å²) in [5, 5.41) is 0. The van der Waals surface area contributed by atoms with Crippen molar-refractivity contribution in [3.63, 3.8) is 0 Å². The molecule has 0 radical (unpaired) electrons. The number of nitrogens with zero attached hydrogens (tertiary/aromatic N) is 2. The van der Waals surface area contributed by atoms with Crippen molar-refractivity contribution in [3.8, 4) is 5.82 Å². The first-order chi connectivity index (χ1) is 10.7. The number of hydrogen-bond acceptors (Lipinski definition) is 2. The van der Waals surface area contributed by atoms with Gasteiger partial charge >= 0.3 is 0 Å². The van der Waals surface area contributed by atoms with Crippen molar-refractivity contribution >= 4 is 0 Å². The number of hydrogen-bond donors (Lipinski definition) is 0. The van der Waals surface area contributed by atoms with Crippen LogP contribution in [0.5, 0.6) is 0 Å². The van der Waals surface area contributed by atoms with Crippen molar-refractivity contribution in [2.24, 2.45) is 0 Å². The van der Waals surface area contributed by atoms with Gasteiger partial charge in [0.1, 0.15) is 5.82 Å². The summed E-state index contributed by atoms with van der Waals surface area (Å²) in [5.74, 6) is 0.716. The standard InChI is InChI=1S/C19H26N2O/c1-3-4-5-6-7-8-11-17-14-16(2)15-19(22)21(17)18-12-9-10-13-20-18/h9-10,12-15H,3-8,11H2,1-2H3. The third-order valence-electron chi connectivity index (χ3n) is 3.92. The highest BCUT2D eigenvalue weighted by molar-refractivity contribution is 5.29. The van der Waals surface area contributed by atoms with E-state index < -0.39 is 0 Å². The van der Waals surface area contributed by atoms with Gasteiger partial charge in [0.25, 0.3) is 5.56 Å². The Bertz CT molecular complexity index is 632. The van der Waals surface area contributed by atoms with Gasteiger partial charge in [0, 0.05) is 18.0 Å². The molecule has 2 heterocycles. The SMILES string of the molecule is CCCCCCCCc1cc(C)cc(=O)n1-c1ccccn1. The minimum Gasteiger partial charge on any atom is -0.269 e. The average Bonchev–Trinajstić information content (AvgIpc) is 2.51. The molecule has 0 spiro atoms. The smallest absolute Gasteiger partial charge is 0.256 e. The van der Waals surface area contributed by atoms with E-state index in [2.05, 4.69) is 18.0 Å². The van der Waals surface area contributed by atoms with Crippen molar-refractivity contribution in [2.45, 2.75) is 58.8 Å². The highest BCUT2D eigenvalue weighted by Gasteiger charge is 2.08. The van der Waals surface area contributed by atoms with Gasteiger partial charge in [-0.05, 0) is 43.5 Å². The van der Waals surface area contributed by atoms with Gasteiger partial charge in [0.05, 0.1) is 0 Å². The second kappa shape index (κ2) is 8.52. The Morgan fingerprint density at radius 3 is 2.55 bits per heavy atom. The van der Waals surface area contributed by atoms with Gasteiger partial charge in [-0.3, -0.25) is 9.36 Å². The summed E-state index contributed by atoms with van der Waals surface area (Å²) in [4.78, 5) is 16.7. The van der Waals surface area contributed by atoms with Crippen LogP contribution >= 0.6 is 0 Å². The summed E-state index contributed by atoms with van der Waals surface area (Å²) in [7, 11) is 0. The lowest BCUT2D eigenvalue weighted by atomic mass is 10.1. The lowest BCUT2D eigenvalue weighted by Gasteiger charge is -2.13. The molecule has 118 valence electrons. The molecule has 0 aliphatic rings. The maximum absolute atomic E-state index is 12.4. The molecule has 3 nitrogen and oxygen atoms in total.